The van der Waals surface area contributed by atoms with Crippen molar-refractivity contribution >= 4 is 27.7 Å². The van der Waals surface area contributed by atoms with Gasteiger partial charge in [0.05, 0.1) is 5.52 Å². The molecule has 0 saturated heterocycles. The maximum absolute atomic E-state index is 11.2. The van der Waals surface area contributed by atoms with Gasteiger partial charge in [0.25, 0.3) is 0 Å². The van der Waals surface area contributed by atoms with Gasteiger partial charge in [-0.05, 0) is 24.3 Å². The van der Waals surface area contributed by atoms with Gasteiger partial charge >= 0.3 is 0 Å². The molecule has 0 atom stereocenters. The third-order valence-electron chi connectivity index (χ3n) is 3.09. The Bertz CT molecular complexity index is 743. The largest absolute Gasteiger partial charge is 0.366 e. The Balaban J connectivity index is 2.50. The van der Waals surface area contributed by atoms with Crippen LogP contribution in [0.1, 0.15) is 10.4 Å². The first kappa shape index (κ1) is 9.84. The third-order valence-corrected chi connectivity index (χ3v) is 3.09. The van der Waals surface area contributed by atoms with Gasteiger partial charge in [-0.2, -0.15) is 0 Å². The van der Waals surface area contributed by atoms with E-state index in [0.29, 0.717) is 5.56 Å². The number of benzene rings is 1. The van der Waals surface area contributed by atoms with Crippen LogP contribution in [-0.2, 0) is 7.05 Å². The van der Waals surface area contributed by atoms with Crippen molar-refractivity contribution in [3.8, 4) is 0 Å². The van der Waals surface area contributed by atoms with Crippen LogP contribution < -0.4 is 5.73 Å². The van der Waals surface area contributed by atoms with E-state index in [1.54, 1.807) is 12.3 Å². The van der Waals surface area contributed by atoms with Crippen molar-refractivity contribution in [2.24, 2.45) is 12.8 Å². The van der Waals surface area contributed by atoms with Crippen LogP contribution in [0.4, 0.5) is 0 Å². The first-order valence-corrected chi connectivity index (χ1v) is 5.30. The van der Waals surface area contributed by atoms with Crippen molar-refractivity contribution in [3.05, 3.63) is 42.2 Å². The van der Waals surface area contributed by atoms with Crippen LogP contribution in [-0.4, -0.2) is 15.5 Å². The number of primary amides is 1. The molecule has 0 fully saturated rings. The number of nitrogens with zero attached hydrogens (tertiary/aromatic N) is 2. The van der Waals surface area contributed by atoms with Crippen molar-refractivity contribution in [2.45, 2.75) is 0 Å². The van der Waals surface area contributed by atoms with Crippen molar-refractivity contribution in [1.82, 2.24) is 9.55 Å². The van der Waals surface area contributed by atoms with E-state index in [4.69, 9.17) is 5.73 Å². The Hall–Kier alpha value is -2.36. The van der Waals surface area contributed by atoms with E-state index in [9.17, 15) is 4.79 Å². The molecule has 0 radical (unpaired) electrons. The average Bonchev–Trinajstić information content (AvgIpc) is 2.64. The highest BCUT2D eigenvalue weighted by Gasteiger charge is 2.09. The van der Waals surface area contributed by atoms with E-state index in [0.717, 1.165) is 21.8 Å². The Kier molecular flexibility index (Phi) is 1.92. The van der Waals surface area contributed by atoms with Crippen LogP contribution in [0, 0.1) is 0 Å². The number of carbonyl (C=O) groups is 1. The number of pyridine rings is 1. The fourth-order valence-corrected chi connectivity index (χ4v) is 2.21. The molecule has 0 aliphatic carbocycles. The minimum Gasteiger partial charge on any atom is -0.366 e. The molecule has 84 valence electrons. The van der Waals surface area contributed by atoms with Gasteiger partial charge in [-0.3, -0.25) is 9.78 Å². The molecule has 17 heavy (non-hydrogen) atoms. The van der Waals surface area contributed by atoms with Crippen LogP contribution in [0.15, 0.2) is 36.7 Å². The minimum absolute atomic E-state index is 0.409. The molecule has 1 amide bonds. The number of hydrogen-bond acceptors (Lipinski definition) is 2. The summed E-state index contributed by atoms with van der Waals surface area (Å²) in [6.07, 6.45) is 3.57. The molecule has 0 aliphatic rings. The van der Waals surface area contributed by atoms with E-state index in [1.807, 2.05) is 31.4 Å². The summed E-state index contributed by atoms with van der Waals surface area (Å²) in [6.45, 7) is 0. The summed E-state index contributed by atoms with van der Waals surface area (Å²) in [6, 6.07) is 7.44. The van der Waals surface area contributed by atoms with Crippen molar-refractivity contribution < 1.29 is 4.79 Å². The molecule has 0 saturated carbocycles. The predicted molar refractivity (Wildman–Crippen MR) is 66.7 cm³/mol. The summed E-state index contributed by atoms with van der Waals surface area (Å²) in [5, 5.41) is 2.04. The topological polar surface area (TPSA) is 60.9 Å². The molecular weight excluding hydrogens is 214 g/mol. The second-order valence-electron chi connectivity index (χ2n) is 4.05. The molecule has 2 heterocycles. The van der Waals surface area contributed by atoms with E-state index < -0.39 is 5.91 Å². The molecule has 3 rings (SSSR count). The van der Waals surface area contributed by atoms with E-state index >= 15 is 0 Å². The molecule has 2 aromatic heterocycles. The molecule has 2 N–H and O–H groups in total. The smallest absolute Gasteiger partial charge is 0.248 e. The summed E-state index contributed by atoms with van der Waals surface area (Å²) in [4.78, 5) is 15.3. The van der Waals surface area contributed by atoms with Crippen molar-refractivity contribution in [3.63, 3.8) is 0 Å². The number of rotatable bonds is 1. The third kappa shape index (κ3) is 1.30. The molecule has 0 bridgehead atoms. The van der Waals surface area contributed by atoms with Crippen LogP contribution in [0.25, 0.3) is 21.8 Å². The summed E-state index contributed by atoms with van der Waals surface area (Å²) in [5.41, 5.74) is 7.98. The van der Waals surface area contributed by atoms with Gasteiger partial charge in [-0.15, -0.1) is 0 Å². The van der Waals surface area contributed by atoms with Crippen LogP contribution in [0.2, 0.25) is 0 Å². The number of aryl methyl sites for hydroxylation is 1. The molecule has 0 aliphatic heterocycles. The number of fused-ring (bicyclic) bond motifs is 3. The van der Waals surface area contributed by atoms with Crippen LogP contribution in [0.3, 0.4) is 0 Å². The number of aromatic nitrogens is 2. The lowest BCUT2D eigenvalue weighted by atomic mass is 10.1. The zero-order valence-corrected chi connectivity index (χ0v) is 9.34. The molecule has 1 aromatic carbocycles. The molecule has 4 heteroatoms. The van der Waals surface area contributed by atoms with E-state index in [-0.39, 0.29) is 0 Å². The Labute approximate surface area is 97.7 Å². The number of nitrogens with two attached hydrogens (primary N) is 1. The number of carbonyl (C=O) groups excluding carboxylic acids is 1. The fourth-order valence-electron chi connectivity index (χ4n) is 2.21. The maximum atomic E-state index is 11.2. The Morgan fingerprint density at radius 1 is 1.24 bits per heavy atom. The summed E-state index contributed by atoms with van der Waals surface area (Å²) in [7, 11) is 1.99. The van der Waals surface area contributed by atoms with E-state index in [1.165, 1.54) is 0 Å². The lowest BCUT2D eigenvalue weighted by Crippen LogP contribution is -2.10. The molecule has 0 spiro atoms. The van der Waals surface area contributed by atoms with E-state index in [2.05, 4.69) is 9.55 Å². The first-order chi connectivity index (χ1) is 8.18. The molecule has 4 nitrogen and oxygen atoms in total. The predicted octanol–water partition coefficient (Wildman–Crippen LogP) is 1.83. The minimum atomic E-state index is -0.409. The zero-order chi connectivity index (χ0) is 12.0. The number of amides is 1. The Morgan fingerprint density at radius 2 is 2.00 bits per heavy atom. The summed E-state index contributed by atoms with van der Waals surface area (Å²) in [5.74, 6) is -0.409. The van der Waals surface area contributed by atoms with Gasteiger partial charge in [-0.1, -0.05) is 0 Å². The highest BCUT2D eigenvalue weighted by atomic mass is 16.1. The standard InChI is InChI=1S/C13H11N3O/c1-16-11-3-2-8(13(14)17)6-9(11)10-7-15-5-4-12(10)16/h2-7H,1H3,(H2,14,17). The number of hydrogen-bond donors (Lipinski definition) is 1. The van der Waals surface area contributed by atoms with Gasteiger partial charge in [0.1, 0.15) is 0 Å². The summed E-state index contributed by atoms with van der Waals surface area (Å²) < 4.78 is 2.08. The van der Waals surface area contributed by atoms with Crippen molar-refractivity contribution in [1.29, 1.82) is 0 Å². The van der Waals surface area contributed by atoms with Crippen LogP contribution >= 0.6 is 0 Å². The zero-order valence-electron chi connectivity index (χ0n) is 9.34. The van der Waals surface area contributed by atoms with Gasteiger partial charge in [0.2, 0.25) is 5.91 Å². The van der Waals surface area contributed by atoms with Crippen molar-refractivity contribution in [2.75, 3.05) is 0 Å². The van der Waals surface area contributed by atoms with Gasteiger partial charge in [0.15, 0.2) is 0 Å². The SMILES string of the molecule is Cn1c2ccncc2c2cc(C(N)=O)ccc21. The van der Waals surface area contributed by atoms with Crippen LogP contribution in [0.5, 0.6) is 0 Å². The Morgan fingerprint density at radius 3 is 2.76 bits per heavy atom. The summed E-state index contributed by atoms with van der Waals surface area (Å²) >= 11 is 0. The molecule has 3 aromatic rings. The second-order valence-corrected chi connectivity index (χ2v) is 4.05. The highest BCUT2D eigenvalue weighted by molar-refractivity contribution is 6.10. The second kappa shape index (κ2) is 3.31. The highest BCUT2D eigenvalue weighted by Crippen LogP contribution is 2.27. The first-order valence-electron chi connectivity index (χ1n) is 5.30. The normalized spacial score (nSPS) is 11.1. The monoisotopic (exact) mass is 225 g/mol. The lowest BCUT2D eigenvalue weighted by molar-refractivity contribution is 0.100. The van der Waals surface area contributed by atoms with Gasteiger partial charge < -0.3 is 10.3 Å². The quantitative estimate of drug-likeness (QED) is 0.686. The molecule has 0 unspecified atom stereocenters. The van der Waals surface area contributed by atoms with Gasteiger partial charge in [0, 0.05) is 41.3 Å². The van der Waals surface area contributed by atoms with Gasteiger partial charge in [-0.25, -0.2) is 0 Å². The average molecular weight is 225 g/mol. The molecular formula is C13H11N3O. The fraction of sp³-hybridized carbons (Fsp3) is 0.0769. The maximum Gasteiger partial charge on any atom is 0.248 e. The lowest BCUT2D eigenvalue weighted by Gasteiger charge is -1.98.